The lowest BCUT2D eigenvalue weighted by molar-refractivity contribution is -0.274. The van der Waals surface area contributed by atoms with Gasteiger partial charge in [0.1, 0.15) is 5.75 Å². The molecule has 1 fully saturated rings. The molecule has 3 rings (SSSR count). The van der Waals surface area contributed by atoms with E-state index in [9.17, 15) is 13.2 Å². The van der Waals surface area contributed by atoms with Crippen molar-refractivity contribution in [3.63, 3.8) is 0 Å². The van der Waals surface area contributed by atoms with E-state index in [4.69, 9.17) is 0 Å². The summed E-state index contributed by atoms with van der Waals surface area (Å²) < 4.78 is 41.0. The van der Waals surface area contributed by atoms with E-state index < -0.39 is 6.36 Å². The highest BCUT2D eigenvalue weighted by molar-refractivity contribution is 5.74. The minimum atomic E-state index is -4.65. The molecule has 5 heteroatoms. The van der Waals surface area contributed by atoms with Gasteiger partial charge in [-0.3, -0.25) is 4.90 Å². The third kappa shape index (κ3) is 2.93. The normalized spacial score (nSPS) is 25.5. The molecule has 0 spiro atoms. The number of halogens is 3. The molecule has 0 aromatic heterocycles. The molecule has 114 valence electrons. The number of hydrogen-bond donors (Lipinski definition) is 0. The van der Waals surface area contributed by atoms with Crippen LogP contribution in [0.15, 0.2) is 30.3 Å². The van der Waals surface area contributed by atoms with Crippen molar-refractivity contribution >= 4 is 5.57 Å². The molecule has 1 aromatic rings. The van der Waals surface area contributed by atoms with Crippen molar-refractivity contribution < 1.29 is 17.9 Å². The third-order valence-corrected chi connectivity index (χ3v) is 4.21. The molecule has 1 heterocycles. The van der Waals surface area contributed by atoms with Crippen LogP contribution in [0.4, 0.5) is 13.2 Å². The fraction of sp³-hybridized carbons (Fsp3) is 0.500. The van der Waals surface area contributed by atoms with E-state index in [1.807, 2.05) is 6.07 Å². The zero-order chi connectivity index (χ0) is 15.2. The van der Waals surface area contributed by atoms with Gasteiger partial charge >= 0.3 is 6.36 Å². The van der Waals surface area contributed by atoms with E-state index in [1.54, 1.807) is 6.07 Å². The molecule has 1 aliphatic carbocycles. The van der Waals surface area contributed by atoms with Crippen LogP contribution in [0.5, 0.6) is 5.75 Å². The summed E-state index contributed by atoms with van der Waals surface area (Å²) in [5.74, 6) is 0.361. The topological polar surface area (TPSA) is 12.5 Å². The van der Waals surface area contributed by atoms with Gasteiger partial charge in [-0.25, -0.2) is 0 Å². The number of likely N-dealkylation sites (tertiary alicyclic amines) is 1. The van der Waals surface area contributed by atoms with E-state index in [-0.39, 0.29) is 5.75 Å². The molecule has 0 amide bonds. The van der Waals surface area contributed by atoms with Gasteiger partial charge in [0.15, 0.2) is 0 Å². The van der Waals surface area contributed by atoms with Crippen molar-refractivity contribution in [2.24, 2.45) is 5.92 Å². The predicted octanol–water partition coefficient (Wildman–Crippen LogP) is 4.08. The third-order valence-electron chi connectivity index (χ3n) is 4.21. The summed E-state index contributed by atoms with van der Waals surface area (Å²) in [4.78, 5) is 2.41. The van der Waals surface area contributed by atoms with Gasteiger partial charge in [-0.05, 0) is 49.5 Å². The van der Waals surface area contributed by atoms with Gasteiger partial charge in [0, 0.05) is 18.6 Å². The molecule has 2 atom stereocenters. The first-order chi connectivity index (χ1) is 9.83. The SMILES string of the molecule is CC(C)N1CC2C=C(c3cccc(OC(F)(F)F)c3)C1C2. The summed E-state index contributed by atoms with van der Waals surface area (Å²) >= 11 is 0. The molecule has 2 nitrogen and oxygen atoms in total. The molecular weight excluding hydrogens is 279 g/mol. The first kappa shape index (κ1) is 14.4. The second-order valence-corrected chi connectivity index (χ2v) is 6.00. The van der Waals surface area contributed by atoms with Crippen molar-refractivity contribution in [3.05, 3.63) is 35.9 Å². The van der Waals surface area contributed by atoms with Crippen LogP contribution in [0.1, 0.15) is 25.8 Å². The zero-order valence-corrected chi connectivity index (χ0v) is 12.0. The number of nitrogens with zero attached hydrogens (tertiary/aromatic N) is 1. The fourth-order valence-electron chi connectivity index (χ4n) is 3.42. The van der Waals surface area contributed by atoms with Crippen LogP contribution >= 0.6 is 0 Å². The molecule has 0 N–H and O–H groups in total. The lowest BCUT2D eigenvalue weighted by atomic mass is 9.99. The quantitative estimate of drug-likeness (QED) is 0.833. The van der Waals surface area contributed by atoms with Crippen molar-refractivity contribution in [2.45, 2.75) is 38.7 Å². The lowest BCUT2D eigenvalue weighted by Crippen LogP contribution is -2.37. The monoisotopic (exact) mass is 297 g/mol. The zero-order valence-electron chi connectivity index (χ0n) is 12.0. The molecule has 2 aliphatic rings. The van der Waals surface area contributed by atoms with Gasteiger partial charge in [-0.1, -0.05) is 18.2 Å². The van der Waals surface area contributed by atoms with Gasteiger partial charge in [-0.2, -0.15) is 0 Å². The highest BCUT2D eigenvalue weighted by Crippen LogP contribution is 2.43. The van der Waals surface area contributed by atoms with Crippen molar-refractivity contribution in [3.8, 4) is 5.75 Å². The van der Waals surface area contributed by atoms with Crippen LogP contribution in [0.3, 0.4) is 0 Å². The van der Waals surface area contributed by atoms with E-state index >= 15 is 0 Å². The van der Waals surface area contributed by atoms with Crippen LogP contribution in [-0.2, 0) is 0 Å². The van der Waals surface area contributed by atoms with Crippen LogP contribution in [0.2, 0.25) is 0 Å². The van der Waals surface area contributed by atoms with Crippen LogP contribution < -0.4 is 4.74 Å². The molecule has 1 saturated heterocycles. The first-order valence-corrected chi connectivity index (χ1v) is 7.17. The molecule has 2 unspecified atom stereocenters. The Morgan fingerprint density at radius 3 is 2.67 bits per heavy atom. The van der Waals surface area contributed by atoms with E-state index in [0.29, 0.717) is 18.0 Å². The minimum absolute atomic E-state index is 0.153. The Morgan fingerprint density at radius 2 is 2.05 bits per heavy atom. The van der Waals surface area contributed by atoms with Gasteiger partial charge in [0.05, 0.1) is 0 Å². The molecular formula is C16H18F3NO. The van der Waals surface area contributed by atoms with E-state index in [1.165, 1.54) is 12.1 Å². The summed E-state index contributed by atoms with van der Waals surface area (Å²) in [5.41, 5.74) is 1.96. The second kappa shape index (κ2) is 5.05. The Labute approximate surface area is 122 Å². The standard InChI is InChI=1S/C16H18F3NO/c1-10(2)20-9-11-6-14(15(20)7-11)12-4-3-5-13(8-12)21-16(17,18)19/h3-6,8,10-11,15H,7,9H2,1-2H3. The maximum Gasteiger partial charge on any atom is 0.573 e. The fourth-order valence-corrected chi connectivity index (χ4v) is 3.42. The average Bonchev–Trinajstić information content (AvgIpc) is 2.96. The number of hydrogen-bond acceptors (Lipinski definition) is 2. The smallest absolute Gasteiger partial charge is 0.406 e. The number of rotatable bonds is 3. The van der Waals surface area contributed by atoms with Crippen molar-refractivity contribution in [2.75, 3.05) is 6.54 Å². The molecule has 1 aromatic carbocycles. The van der Waals surface area contributed by atoms with Gasteiger partial charge in [0.2, 0.25) is 0 Å². The molecule has 0 radical (unpaired) electrons. The maximum absolute atomic E-state index is 12.3. The van der Waals surface area contributed by atoms with Crippen molar-refractivity contribution in [1.29, 1.82) is 0 Å². The Balaban J connectivity index is 1.85. The highest BCUT2D eigenvalue weighted by atomic mass is 19.4. The average molecular weight is 297 g/mol. The van der Waals surface area contributed by atoms with Crippen LogP contribution in [0, 0.1) is 5.92 Å². The van der Waals surface area contributed by atoms with Gasteiger partial charge in [0.25, 0.3) is 0 Å². The van der Waals surface area contributed by atoms with Gasteiger partial charge in [-0.15, -0.1) is 13.2 Å². The van der Waals surface area contributed by atoms with E-state index in [0.717, 1.165) is 24.1 Å². The summed E-state index contributed by atoms with van der Waals surface area (Å²) in [6.07, 6.45) is -1.38. The highest BCUT2D eigenvalue weighted by Gasteiger charge is 2.40. The summed E-state index contributed by atoms with van der Waals surface area (Å²) in [7, 11) is 0. The molecule has 0 saturated carbocycles. The predicted molar refractivity (Wildman–Crippen MR) is 74.8 cm³/mol. The Morgan fingerprint density at radius 1 is 1.29 bits per heavy atom. The number of benzene rings is 1. The lowest BCUT2D eigenvalue weighted by Gasteiger charge is -2.32. The summed E-state index contributed by atoms with van der Waals surface area (Å²) in [6, 6.07) is 7.05. The van der Waals surface area contributed by atoms with Crippen molar-refractivity contribution in [1.82, 2.24) is 4.90 Å². The number of fused-ring (bicyclic) bond motifs is 2. The van der Waals surface area contributed by atoms with Gasteiger partial charge < -0.3 is 4.74 Å². The second-order valence-electron chi connectivity index (χ2n) is 6.00. The Hall–Kier alpha value is -1.49. The largest absolute Gasteiger partial charge is 0.573 e. The summed E-state index contributed by atoms with van der Waals surface area (Å²) in [5, 5.41) is 0. The molecule has 21 heavy (non-hydrogen) atoms. The molecule has 1 aliphatic heterocycles. The molecule has 2 bridgehead atoms. The Kier molecular flexibility index (Phi) is 3.48. The minimum Gasteiger partial charge on any atom is -0.406 e. The first-order valence-electron chi connectivity index (χ1n) is 7.17. The number of ether oxygens (including phenoxy) is 1. The Bertz CT molecular complexity index is 565. The van der Waals surface area contributed by atoms with Crippen LogP contribution in [-0.4, -0.2) is 29.9 Å². The van der Waals surface area contributed by atoms with Crippen LogP contribution in [0.25, 0.3) is 5.57 Å². The number of alkyl halides is 3. The maximum atomic E-state index is 12.3. The summed E-state index contributed by atoms with van der Waals surface area (Å²) in [6.45, 7) is 5.35. The van der Waals surface area contributed by atoms with E-state index in [2.05, 4.69) is 29.6 Å².